The Kier molecular flexibility index (Phi) is 6.20. The van der Waals surface area contributed by atoms with E-state index in [1.165, 1.54) is 0 Å². The van der Waals surface area contributed by atoms with Crippen molar-refractivity contribution in [2.24, 2.45) is 5.41 Å². The van der Waals surface area contributed by atoms with Crippen molar-refractivity contribution in [3.63, 3.8) is 0 Å². The summed E-state index contributed by atoms with van der Waals surface area (Å²) in [4.78, 5) is 23.0. The Hall–Kier alpha value is -1.56. The molecule has 1 aromatic rings. The highest BCUT2D eigenvalue weighted by Gasteiger charge is 2.31. The van der Waals surface area contributed by atoms with E-state index in [-0.39, 0.29) is 18.6 Å². The molecule has 0 heterocycles. The molecule has 1 rings (SSSR count). The Morgan fingerprint density at radius 2 is 1.90 bits per heavy atom. The molecule has 0 radical (unpaired) electrons. The number of rotatable bonds is 6. The molecule has 0 aliphatic rings. The monoisotopic (exact) mass is 356 g/mol. The van der Waals surface area contributed by atoms with Crippen LogP contribution in [0.4, 0.5) is 4.79 Å². The van der Waals surface area contributed by atoms with Crippen molar-refractivity contribution in [1.29, 1.82) is 0 Å². The first-order chi connectivity index (χ1) is 9.78. The zero-order valence-electron chi connectivity index (χ0n) is 12.4. The molecule has 0 bridgehead atoms. The summed E-state index contributed by atoms with van der Waals surface area (Å²) in [6, 6.07) is 7.13. The number of carboxylic acids is 1. The summed E-state index contributed by atoms with van der Waals surface area (Å²) in [5.41, 5.74) is 0.0305. The van der Waals surface area contributed by atoms with Gasteiger partial charge in [0.25, 0.3) is 0 Å². The summed E-state index contributed by atoms with van der Waals surface area (Å²) in [5.74, 6) is -0.911. The molecule has 0 aromatic heterocycles. The first kappa shape index (κ1) is 17.5. The quantitative estimate of drug-likeness (QED) is 0.731. The summed E-state index contributed by atoms with van der Waals surface area (Å²) < 4.78 is 0.975. The van der Waals surface area contributed by atoms with Crippen molar-refractivity contribution in [3.8, 4) is 0 Å². The van der Waals surface area contributed by atoms with Gasteiger partial charge in [0.05, 0.1) is 11.5 Å². The summed E-state index contributed by atoms with van der Waals surface area (Å²) >= 11 is 3.36. The maximum atomic E-state index is 11.9. The fourth-order valence-corrected chi connectivity index (χ4v) is 1.97. The Labute approximate surface area is 133 Å². The van der Waals surface area contributed by atoms with Crippen LogP contribution in [0.25, 0.3) is 0 Å². The van der Waals surface area contributed by atoms with Gasteiger partial charge in [0.15, 0.2) is 0 Å². The average molecular weight is 357 g/mol. The number of urea groups is 1. The average Bonchev–Trinajstić information content (AvgIpc) is 2.45. The van der Waals surface area contributed by atoms with E-state index in [9.17, 15) is 9.59 Å². The van der Waals surface area contributed by atoms with E-state index in [0.717, 1.165) is 10.0 Å². The summed E-state index contributed by atoms with van der Waals surface area (Å²) in [6.07, 6.45) is 0.449. The van der Waals surface area contributed by atoms with Gasteiger partial charge in [-0.3, -0.25) is 4.79 Å². The van der Waals surface area contributed by atoms with Crippen LogP contribution < -0.4 is 10.6 Å². The highest BCUT2D eigenvalue weighted by atomic mass is 79.9. The first-order valence-electron chi connectivity index (χ1n) is 6.81. The summed E-state index contributed by atoms with van der Waals surface area (Å²) in [5, 5.41) is 14.6. The number of aliphatic carboxylic acids is 1. The molecule has 0 spiro atoms. The summed E-state index contributed by atoms with van der Waals surface area (Å²) in [6.45, 7) is 5.38. The summed E-state index contributed by atoms with van der Waals surface area (Å²) in [7, 11) is 0. The van der Waals surface area contributed by atoms with Crippen LogP contribution in [0.3, 0.4) is 0 Å². The van der Waals surface area contributed by atoms with Crippen LogP contribution in [0, 0.1) is 5.41 Å². The number of carbonyl (C=O) groups is 2. The molecule has 0 aliphatic carbocycles. The van der Waals surface area contributed by atoms with Gasteiger partial charge < -0.3 is 15.7 Å². The number of benzene rings is 1. The zero-order valence-corrected chi connectivity index (χ0v) is 14.0. The van der Waals surface area contributed by atoms with Crippen molar-refractivity contribution < 1.29 is 14.7 Å². The number of carboxylic acid groups (broad SMARTS) is 1. The maximum absolute atomic E-state index is 11.9. The minimum absolute atomic E-state index is 0.0950. The van der Waals surface area contributed by atoms with Crippen LogP contribution >= 0.6 is 15.9 Å². The van der Waals surface area contributed by atoms with Crippen LogP contribution in [0.2, 0.25) is 0 Å². The normalized spacial score (nSPS) is 14.9. The molecule has 2 unspecified atom stereocenters. The van der Waals surface area contributed by atoms with Gasteiger partial charge in [-0.15, -0.1) is 0 Å². The van der Waals surface area contributed by atoms with E-state index in [1.54, 1.807) is 13.8 Å². The Bertz CT molecular complexity index is 504. The highest BCUT2D eigenvalue weighted by Crippen LogP contribution is 2.20. The third-order valence-electron chi connectivity index (χ3n) is 3.65. The smallest absolute Gasteiger partial charge is 0.315 e. The van der Waals surface area contributed by atoms with Crippen LogP contribution in [0.15, 0.2) is 28.7 Å². The largest absolute Gasteiger partial charge is 0.481 e. The lowest BCUT2D eigenvalue weighted by Crippen LogP contribution is -2.45. The van der Waals surface area contributed by atoms with Gasteiger partial charge in [0.2, 0.25) is 0 Å². The number of hydrogen-bond donors (Lipinski definition) is 3. The lowest BCUT2D eigenvalue weighted by molar-refractivity contribution is -0.147. The SMILES string of the molecule is CCC(C)(CNC(=O)NC(C)c1ccc(Br)cc1)C(=O)O. The fourth-order valence-electron chi connectivity index (χ4n) is 1.71. The van der Waals surface area contributed by atoms with Gasteiger partial charge in [-0.1, -0.05) is 35.0 Å². The van der Waals surface area contributed by atoms with E-state index >= 15 is 0 Å². The Morgan fingerprint density at radius 3 is 2.38 bits per heavy atom. The second-order valence-electron chi connectivity index (χ2n) is 5.32. The molecule has 5 nitrogen and oxygen atoms in total. The van der Waals surface area contributed by atoms with Crippen molar-refractivity contribution in [2.45, 2.75) is 33.2 Å². The third-order valence-corrected chi connectivity index (χ3v) is 4.18. The van der Waals surface area contributed by atoms with Gasteiger partial charge in [-0.25, -0.2) is 4.79 Å². The lowest BCUT2D eigenvalue weighted by Gasteiger charge is -2.24. The molecule has 0 fully saturated rings. The molecule has 6 heteroatoms. The molecule has 2 amide bonds. The van der Waals surface area contributed by atoms with Gasteiger partial charge in [0.1, 0.15) is 0 Å². The van der Waals surface area contributed by atoms with E-state index in [4.69, 9.17) is 5.11 Å². The van der Waals surface area contributed by atoms with E-state index in [0.29, 0.717) is 6.42 Å². The van der Waals surface area contributed by atoms with Crippen molar-refractivity contribution in [3.05, 3.63) is 34.3 Å². The fraction of sp³-hybridized carbons (Fsp3) is 0.467. The van der Waals surface area contributed by atoms with Crippen LogP contribution in [-0.2, 0) is 4.79 Å². The molecule has 0 aliphatic heterocycles. The predicted octanol–water partition coefficient (Wildman–Crippen LogP) is 3.31. The predicted molar refractivity (Wildman–Crippen MR) is 85.1 cm³/mol. The van der Waals surface area contributed by atoms with E-state index < -0.39 is 11.4 Å². The molecule has 3 N–H and O–H groups in total. The highest BCUT2D eigenvalue weighted by molar-refractivity contribution is 9.10. The molecular weight excluding hydrogens is 336 g/mol. The molecule has 21 heavy (non-hydrogen) atoms. The van der Waals surface area contributed by atoms with Crippen LogP contribution in [0.1, 0.15) is 38.8 Å². The lowest BCUT2D eigenvalue weighted by atomic mass is 9.88. The van der Waals surface area contributed by atoms with E-state index in [2.05, 4.69) is 26.6 Å². The minimum Gasteiger partial charge on any atom is -0.481 e. The second kappa shape index (κ2) is 7.45. The van der Waals surface area contributed by atoms with Gasteiger partial charge >= 0.3 is 12.0 Å². The van der Waals surface area contributed by atoms with Gasteiger partial charge in [-0.2, -0.15) is 0 Å². The second-order valence-corrected chi connectivity index (χ2v) is 6.24. The zero-order chi connectivity index (χ0) is 16.0. The molecule has 1 aromatic carbocycles. The molecule has 0 saturated carbocycles. The Morgan fingerprint density at radius 1 is 1.33 bits per heavy atom. The Balaban J connectivity index is 2.54. The van der Waals surface area contributed by atoms with E-state index in [1.807, 2.05) is 31.2 Å². The molecule has 0 saturated heterocycles. The van der Waals surface area contributed by atoms with Crippen LogP contribution in [0.5, 0.6) is 0 Å². The van der Waals surface area contributed by atoms with Gasteiger partial charge in [-0.05, 0) is 38.0 Å². The third kappa shape index (κ3) is 5.04. The standard InChI is InChI=1S/C15H21BrN2O3/c1-4-15(3,13(19)20)9-17-14(21)18-10(2)11-5-7-12(16)8-6-11/h5-8,10H,4,9H2,1-3H3,(H,19,20)(H2,17,18,21). The minimum atomic E-state index is -0.946. The topological polar surface area (TPSA) is 78.4 Å². The van der Waals surface area contributed by atoms with Crippen molar-refractivity contribution in [2.75, 3.05) is 6.54 Å². The molecule has 116 valence electrons. The molecule has 2 atom stereocenters. The maximum Gasteiger partial charge on any atom is 0.315 e. The first-order valence-corrected chi connectivity index (χ1v) is 7.61. The van der Waals surface area contributed by atoms with Crippen molar-refractivity contribution in [1.82, 2.24) is 10.6 Å². The number of halogens is 1. The number of hydrogen-bond acceptors (Lipinski definition) is 2. The number of carbonyl (C=O) groups excluding carboxylic acids is 1. The number of amides is 2. The van der Waals surface area contributed by atoms with Crippen molar-refractivity contribution >= 4 is 27.9 Å². The van der Waals surface area contributed by atoms with Gasteiger partial charge in [0, 0.05) is 11.0 Å². The molecular formula is C15H21BrN2O3. The number of nitrogens with one attached hydrogen (secondary N) is 2. The van der Waals surface area contributed by atoms with Crippen LogP contribution in [-0.4, -0.2) is 23.7 Å².